The van der Waals surface area contributed by atoms with E-state index in [1.165, 1.54) is 20.4 Å². The van der Waals surface area contributed by atoms with Gasteiger partial charge in [0.15, 0.2) is 0 Å². The fraction of sp³-hybridized carbons (Fsp3) is 0.364. The quantitative estimate of drug-likeness (QED) is 0.750. The Labute approximate surface area is 98.9 Å². The molecule has 0 atom stereocenters. The second-order valence-corrected chi connectivity index (χ2v) is 3.17. The topological polar surface area (TPSA) is 77.5 Å². The maximum Gasteiger partial charge on any atom is 0.307 e. The molecule has 0 saturated carbocycles. The van der Waals surface area contributed by atoms with E-state index in [1.807, 2.05) is 0 Å². The molecule has 1 aromatic heterocycles. The second-order valence-electron chi connectivity index (χ2n) is 3.17. The van der Waals surface area contributed by atoms with Gasteiger partial charge in [0, 0.05) is 18.8 Å². The third-order valence-corrected chi connectivity index (χ3v) is 2.05. The third-order valence-electron chi connectivity index (χ3n) is 2.05. The summed E-state index contributed by atoms with van der Waals surface area (Å²) in [5.74, 6) is -0.210. The van der Waals surface area contributed by atoms with Gasteiger partial charge in [0.2, 0.25) is 5.88 Å². The van der Waals surface area contributed by atoms with Crippen molar-refractivity contribution >= 4 is 11.9 Å². The molecule has 1 N–H and O–H groups in total. The molecule has 0 fully saturated rings. The SMILES string of the molecule is COC(=O)CCNC(=O)c1ccc(OC)nc1. The zero-order chi connectivity index (χ0) is 12.7. The summed E-state index contributed by atoms with van der Waals surface area (Å²) in [6.45, 7) is 0.234. The van der Waals surface area contributed by atoms with Gasteiger partial charge in [-0.25, -0.2) is 4.98 Å². The summed E-state index contributed by atoms with van der Waals surface area (Å²) in [4.78, 5) is 26.3. The Kier molecular flexibility index (Phi) is 4.93. The average molecular weight is 238 g/mol. The van der Waals surface area contributed by atoms with Gasteiger partial charge in [-0.15, -0.1) is 0 Å². The van der Waals surface area contributed by atoms with Crippen molar-refractivity contribution in [2.75, 3.05) is 20.8 Å². The fourth-order valence-corrected chi connectivity index (χ4v) is 1.12. The number of rotatable bonds is 5. The van der Waals surface area contributed by atoms with Crippen molar-refractivity contribution < 1.29 is 19.1 Å². The summed E-state index contributed by atoms with van der Waals surface area (Å²) in [5, 5.41) is 2.58. The van der Waals surface area contributed by atoms with E-state index in [-0.39, 0.29) is 24.8 Å². The lowest BCUT2D eigenvalue weighted by atomic mass is 10.2. The van der Waals surface area contributed by atoms with Gasteiger partial charge in [-0.2, -0.15) is 0 Å². The van der Waals surface area contributed by atoms with Crippen LogP contribution in [-0.4, -0.2) is 37.6 Å². The van der Waals surface area contributed by atoms with E-state index in [9.17, 15) is 9.59 Å². The number of ether oxygens (including phenoxy) is 2. The number of carbonyl (C=O) groups is 2. The molecule has 0 spiro atoms. The van der Waals surface area contributed by atoms with Crippen LogP contribution in [0.3, 0.4) is 0 Å². The van der Waals surface area contributed by atoms with E-state index in [4.69, 9.17) is 4.74 Å². The van der Waals surface area contributed by atoms with Crippen LogP contribution in [0.25, 0.3) is 0 Å². The summed E-state index contributed by atoms with van der Waals surface area (Å²) >= 11 is 0. The molecule has 0 aliphatic rings. The minimum atomic E-state index is -0.363. The normalized spacial score (nSPS) is 9.53. The Hall–Kier alpha value is -2.11. The van der Waals surface area contributed by atoms with Gasteiger partial charge in [-0.05, 0) is 6.07 Å². The maximum absolute atomic E-state index is 11.6. The largest absolute Gasteiger partial charge is 0.481 e. The van der Waals surface area contributed by atoms with Gasteiger partial charge in [0.25, 0.3) is 5.91 Å². The Morgan fingerprint density at radius 1 is 1.35 bits per heavy atom. The minimum absolute atomic E-state index is 0.145. The number of hydrogen-bond acceptors (Lipinski definition) is 5. The summed E-state index contributed by atoms with van der Waals surface area (Å²) in [6.07, 6.45) is 1.55. The van der Waals surface area contributed by atoms with E-state index in [1.54, 1.807) is 12.1 Å². The summed E-state index contributed by atoms with van der Waals surface area (Å²) < 4.78 is 9.32. The number of carbonyl (C=O) groups excluding carboxylic acids is 2. The van der Waals surface area contributed by atoms with Crippen LogP contribution in [0.5, 0.6) is 5.88 Å². The van der Waals surface area contributed by atoms with Crippen LogP contribution in [0.2, 0.25) is 0 Å². The number of amides is 1. The molecule has 6 nitrogen and oxygen atoms in total. The van der Waals surface area contributed by atoms with Crippen molar-refractivity contribution in [3.63, 3.8) is 0 Å². The van der Waals surface area contributed by atoms with Crippen LogP contribution in [0, 0.1) is 0 Å². The van der Waals surface area contributed by atoms with Gasteiger partial charge >= 0.3 is 5.97 Å². The van der Waals surface area contributed by atoms with E-state index in [0.29, 0.717) is 11.4 Å². The first-order valence-corrected chi connectivity index (χ1v) is 5.02. The molecular weight excluding hydrogens is 224 g/mol. The molecule has 1 heterocycles. The molecule has 17 heavy (non-hydrogen) atoms. The van der Waals surface area contributed by atoms with Crippen molar-refractivity contribution in [1.82, 2.24) is 10.3 Å². The summed E-state index contributed by atoms with van der Waals surface area (Å²) in [5.41, 5.74) is 0.413. The number of pyridine rings is 1. The smallest absolute Gasteiger partial charge is 0.307 e. The zero-order valence-corrected chi connectivity index (χ0v) is 9.73. The number of hydrogen-bond donors (Lipinski definition) is 1. The lowest BCUT2D eigenvalue weighted by Gasteiger charge is -2.04. The lowest BCUT2D eigenvalue weighted by Crippen LogP contribution is -2.26. The highest BCUT2D eigenvalue weighted by atomic mass is 16.5. The lowest BCUT2D eigenvalue weighted by molar-refractivity contribution is -0.140. The Morgan fingerprint density at radius 3 is 2.65 bits per heavy atom. The predicted octanol–water partition coefficient (Wildman–Crippen LogP) is 0.383. The molecule has 0 saturated heterocycles. The van der Waals surface area contributed by atoms with Gasteiger partial charge in [0.05, 0.1) is 26.2 Å². The maximum atomic E-state index is 11.6. The Morgan fingerprint density at radius 2 is 2.12 bits per heavy atom. The number of methoxy groups -OCH3 is 2. The first-order chi connectivity index (χ1) is 8.17. The Bertz CT molecular complexity index is 389. The molecule has 1 rings (SSSR count). The van der Waals surface area contributed by atoms with Gasteiger partial charge < -0.3 is 14.8 Å². The molecule has 0 aromatic carbocycles. The van der Waals surface area contributed by atoms with Crippen molar-refractivity contribution in [3.05, 3.63) is 23.9 Å². The molecule has 1 aromatic rings. The molecule has 0 radical (unpaired) electrons. The highest BCUT2D eigenvalue weighted by Crippen LogP contribution is 2.06. The van der Waals surface area contributed by atoms with Gasteiger partial charge in [-0.3, -0.25) is 9.59 Å². The summed E-state index contributed by atoms with van der Waals surface area (Å²) in [6, 6.07) is 3.19. The highest BCUT2D eigenvalue weighted by Gasteiger charge is 2.07. The van der Waals surface area contributed by atoms with Crippen molar-refractivity contribution in [2.24, 2.45) is 0 Å². The van der Waals surface area contributed by atoms with Crippen molar-refractivity contribution in [2.45, 2.75) is 6.42 Å². The van der Waals surface area contributed by atoms with Crippen LogP contribution < -0.4 is 10.1 Å². The van der Waals surface area contributed by atoms with E-state index < -0.39 is 0 Å². The average Bonchev–Trinajstić information content (AvgIpc) is 2.38. The highest BCUT2D eigenvalue weighted by molar-refractivity contribution is 5.94. The van der Waals surface area contributed by atoms with Crippen LogP contribution in [0.4, 0.5) is 0 Å². The van der Waals surface area contributed by atoms with Crippen LogP contribution in [0.15, 0.2) is 18.3 Å². The molecule has 0 unspecified atom stereocenters. The first kappa shape index (κ1) is 13.0. The Balaban J connectivity index is 2.44. The van der Waals surface area contributed by atoms with Gasteiger partial charge in [0.1, 0.15) is 0 Å². The molecule has 1 amide bonds. The molecular formula is C11H14N2O4. The van der Waals surface area contributed by atoms with Crippen molar-refractivity contribution in [1.29, 1.82) is 0 Å². The fourth-order valence-electron chi connectivity index (χ4n) is 1.12. The molecule has 0 aliphatic heterocycles. The van der Waals surface area contributed by atoms with E-state index in [0.717, 1.165) is 0 Å². The number of nitrogens with one attached hydrogen (secondary N) is 1. The van der Waals surface area contributed by atoms with Gasteiger partial charge in [-0.1, -0.05) is 0 Å². The third kappa shape index (κ3) is 4.10. The second kappa shape index (κ2) is 6.47. The van der Waals surface area contributed by atoms with Crippen LogP contribution >= 0.6 is 0 Å². The predicted molar refractivity (Wildman–Crippen MR) is 59.8 cm³/mol. The molecule has 0 aliphatic carbocycles. The number of nitrogens with zero attached hydrogens (tertiary/aromatic N) is 1. The first-order valence-electron chi connectivity index (χ1n) is 5.02. The summed E-state index contributed by atoms with van der Waals surface area (Å²) in [7, 11) is 2.80. The van der Waals surface area contributed by atoms with E-state index >= 15 is 0 Å². The molecule has 6 heteroatoms. The van der Waals surface area contributed by atoms with Crippen molar-refractivity contribution in [3.8, 4) is 5.88 Å². The van der Waals surface area contributed by atoms with E-state index in [2.05, 4.69) is 15.0 Å². The minimum Gasteiger partial charge on any atom is -0.481 e. The molecule has 92 valence electrons. The van der Waals surface area contributed by atoms with Crippen LogP contribution in [0.1, 0.15) is 16.8 Å². The number of esters is 1. The zero-order valence-electron chi connectivity index (χ0n) is 9.73. The monoisotopic (exact) mass is 238 g/mol. The molecule has 0 bridgehead atoms. The standard InChI is InChI=1S/C11H14N2O4/c1-16-9-4-3-8(7-13-9)11(15)12-6-5-10(14)17-2/h3-4,7H,5-6H2,1-2H3,(H,12,15). The number of aromatic nitrogens is 1. The van der Waals surface area contributed by atoms with Crippen LogP contribution in [-0.2, 0) is 9.53 Å².